The summed E-state index contributed by atoms with van der Waals surface area (Å²) in [6, 6.07) is 8.87. The molecule has 6 heteroatoms. The second-order valence-electron chi connectivity index (χ2n) is 6.21. The lowest BCUT2D eigenvalue weighted by atomic mass is 10.1. The van der Waals surface area contributed by atoms with Crippen molar-refractivity contribution in [3.05, 3.63) is 35.9 Å². The van der Waals surface area contributed by atoms with Crippen LogP contribution in [-0.4, -0.2) is 59.7 Å². The molecule has 3 amide bonds. The maximum atomic E-state index is 12.5. The van der Waals surface area contributed by atoms with E-state index in [4.69, 9.17) is 0 Å². The zero-order valence-electron chi connectivity index (χ0n) is 13.2. The first-order valence-corrected chi connectivity index (χ1v) is 7.94. The molecule has 2 atom stereocenters. The zero-order valence-corrected chi connectivity index (χ0v) is 13.2. The normalized spacial score (nSPS) is 23.6. The summed E-state index contributed by atoms with van der Waals surface area (Å²) in [7, 11) is 1.78. The molecular weight excluding hydrogens is 294 g/mol. The molecule has 1 N–H and O–H groups in total. The molecule has 23 heavy (non-hydrogen) atoms. The first-order valence-electron chi connectivity index (χ1n) is 7.94. The molecule has 0 aliphatic carbocycles. The van der Waals surface area contributed by atoms with Gasteiger partial charge in [0.15, 0.2) is 0 Å². The Bertz CT molecular complexity index is 617. The molecule has 2 saturated heterocycles. The topological polar surface area (TPSA) is 69.7 Å². The van der Waals surface area contributed by atoms with Crippen LogP contribution in [0.4, 0.5) is 0 Å². The van der Waals surface area contributed by atoms with Crippen LogP contribution in [0.25, 0.3) is 0 Å². The maximum absolute atomic E-state index is 12.5. The van der Waals surface area contributed by atoms with Crippen LogP contribution >= 0.6 is 0 Å². The van der Waals surface area contributed by atoms with Gasteiger partial charge in [0.05, 0.1) is 6.54 Å². The van der Waals surface area contributed by atoms with E-state index in [0.717, 1.165) is 12.8 Å². The Morgan fingerprint density at radius 1 is 1.17 bits per heavy atom. The number of carbonyl (C=O) groups excluding carboxylic acids is 3. The summed E-state index contributed by atoms with van der Waals surface area (Å²) in [6.45, 7) is 0.548. The number of benzene rings is 1. The minimum absolute atomic E-state index is 0.0291. The summed E-state index contributed by atoms with van der Waals surface area (Å²) in [5.41, 5.74) is 0.536. The number of hydrogen-bond donors (Lipinski definition) is 1. The van der Waals surface area contributed by atoms with Gasteiger partial charge in [0.2, 0.25) is 11.8 Å². The van der Waals surface area contributed by atoms with Crippen LogP contribution in [0.3, 0.4) is 0 Å². The van der Waals surface area contributed by atoms with E-state index in [1.165, 1.54) is 0 Å². The summed E-state index contributed by atoms with van der Waals surface area (Å²) < 4.78 is 0. The molecule has 122 valence electrons. The van der Waals surface area contributed by atoms with Gasteiger partial charge in [-0.3, -0.25) is 14.4 Å². The van der Waals surface area contributed by atoms with Crippen molar-refractivity contribution in [1.29, 1.82) is 0 Å². The van der Waals surface area contributed by atoms with Crippen molar-refractivity contribution in [2.24, 2.45) is 0 Å². The Morgan fingerprint density at radius 3 is 2.61 bits per heavy atom. The average Bonchev–Trinajstić information content (AvgIpc) is 2.89. The van der Waals surface area contributed by atoms with Crippen molar-refractivity contribution < 1.29 is 14.4 Å². The van der Waals surface area contributed by atoms with Crippen LogP contribution < -0.4 is 5.32 Å². The minimum atomic E-state index is -0.255. The molecule has 0 aromatic heterocycles. The van der Waals surface area contributed by atoms with Crippen LogP contribution in [0.15, 0.2) is 30.3 Å². The van der Waals surface area contributed by atoms with Gasteiger partial charge in [0.1, 0.15) is 0 Å². The van der Waals surface area contributed by atoms with Crippen molar-refractivity contribution in [2.75, 3.05) is 20.1 Å². The Hall–Kier alpha value is -2.37. The van der Waals surface area contributed by atoms with Gasteiger partial charge in [-0.2, -0.15) is 0 Å². The van der Waals surface area contributed by atoms with E-state index in [0.29, 0.717) is 18.5 Å². The highest BCUT2D eigenvalue weighted by molar-refractivity contribution is 5.96. The molecule has 2 aliphatic heterocycles. The highest BCUT2D eigenvalue weighted by Crippen LogP contribution is 2.30. The van der Waals surface area contributed by atoms with E-state index >= 15 is 0 Å². The average molecular weight is 315 g/mol. The lowest BCUT2D eigenvalue weighted by Gasteiger charge is -2.28. The largest absolute Gasteiger partial charge is 0.344 e. The molecule has 1 aromatic rings. The molecule has 0 radical (unpaired) electrons. The van der Waals surface area contributed by atoms with Crippen LogP contribution in [-0.2, 0) is 9.59 Å². The predicted molar refractivity (Wildman–Crippen MR) is 84.7 cm³/mol. The van der Waals surface area contributed by atoms with Crippen LogP contribution in [0.1, 0.15) is 29.6 Å². The van der Waals surface area contributed by atoms with Gasteiger partial charge in [-0.15, -0.1) is 0 Å². The second-order valence-corrected chi connectivity index (χ2v) is 6.21. The van der Waals surface area contributed by atoms with E-state index in [2.05, 4.69) is 5.32 Å². The lowest BCUT2D eigenvalue weighted by Crippen LogP contribution is -2.47. The van der Waals surface area contributed by atoms with E-state index in [1.807, 2.05) is 11.0 Å². The van der Waals surface area contributed by atoms with Crippen molar-refractivity contribution in [2.45, 2.75) is 31.3 Å². The summed E-state index contributed by atoms with van der Waals surface area (Å²) in [5, 5.41) is 2.68. The molecule has 2 heterocycles. The number of amides is 3. The Balaban J connectivity index is 1.62. The van der Waals surface area contributed by atoms with Crippen molar-refractivity contribution in [3.63, 3.8) is 0 Å². The molecule has 2 bridgehead atoms. The number of nitrogens with one attached hydrogen (secondary N) is 1. The molecule has 2 aliphatic rings. The predicted octanol–water partition coefficient (Wildman–Crippen LogP) is 0.638. The second kappa shape index (κ2) is 6.40. The SMILES string of the molecule is CN1C[C@@H]2CC[C@H](CC1=O)N2C(=O)CNC(=O)c1ccccc1. The molecule has 0 saturated carbocycles. The molecule has 0 unspecified atom stereocenters. The van der Waals surface area contributed by atoms with Crippen LogP contribution in [0.5, 0.6) is 0 Å². The monoisotopic (exact) mass is 315 g/mol. The van der Waals surface area contributed by atoms with Gasteiger partial charge in [-0.1, -0.05) is 18.2 Å². The molecule has 0 spiro atoms. The van der Waals surface area contributed by atoms with Gasteiger partial charge in [-0.25, -0.2) is 0 Å². The van der Waals surface area contributed by atoms with E-state index in [-0.39, 0.29) is 36.3 Å². The van der Waals surface area contributed by atoms with Crippen LogP contribution in [0.2, 0.25) is 0 Å². The number of fused-ring (bicyclic) bond motifs is 2. The number of likely N-dealkylation sites (tertiary alicyclic amines) is 1. The van der Waals surface area contributed by atoms with Gasteiger partial charge >= 0.3 is 0 Å². The maximum Gasteiger partial charge on any atom is 0.251 e. The lowest BCUT2D eigenvalue weighted by molar-refractivity contribution is -0.132. The Kier molecular flexibility index (Phi) is 4.32. The molecule has 1 aromatic carbocycles. The summed E-state index contributed by atoms with van der Waals surface area (Å²) in [6.07, 6.45) is 2.16. The number of hydrogen-bond acceptors (Lipinski definition) is 3. The number of likely N-dealkylation sites (N-methyl/N-ethyl adjacent to an activating group) is 1. The first kappa shape index (κ1) is 15.5. The van der Waals surface area contributed by atoms with Crippen molar-refractivity contribution >= 4 is 17.7 Å². The van der Waals surface area contributed by atoms with E-state index < -0.39 is 0 Å². The standard InChI is InChI=1S/C17H21N3O3/c1-19-11-14-8-7-13(9-15(19)21)20(14)16(22)10-18-17(23)12-5-3-2-4-6-12/h2-6,13-14H,7-11H2,1H3,(H,18,23)/t13-,14+/m1/s1. The third-order valence-corrected chi connectivity index (χ3v) is 4.66. The number of nitrogens with zero attached hydrogens (tertiary/aromatic N) is 2. The molecule has 3 rings (SSSR count). The van der Waals surface area contributed by atoms with Gasteiger partial charge in [0, 0.05) is 37.7 Å². The highest BCUT2D eigenvalue weighted by atomic mass is 16.2. The smallest absolute Gasteiger partial charge is 0.251 e. The summed E-state index contributed by atoms with van der Waals surface area (Å²) in [4.78, 5) is 40.0. The summed E-state index contributed by atoms with van der Waals surface area (Å²) in [5.74, 6) is -0.275. The Labute approximate surface area is 135 Å². The quantitative estimate of drug-likeness (QED) is 0.890. The van der Waals surface area contributed by atoms with Crippen molar-refractivity contribution in [3.8, 4) is 0 Å². The molecule has 2 fully saturated rings. The minimum Gasteiger partial charge on any atom is -0.344 e. The zero-order chi connectivity index (χ0) is 16.4. The molecule has 6 nitrogen and oxygen atoms in total. The van der Waals surface area contributed by atoms with Gasteiger partial charge < -0.3 is 15.1 Å². The van der Waals surface area contributed by atoms with Gasteiger partial charge in [0.25, 0.3) is 5.91 Å². The van der Waals surface area contributed by atoms with Gasteiger partial charge in [-0.05, 0) is 25.0 Å². The number of carbonyl (C=O) groups is 3. The third-order valence-electron chi connectivity index (χ3n) is 4.66. The Morgan fingerprint density at radius 2 is 1.87 bits per heavy atom. The fourth-order valence-corrected chi connectivity index (χ4v) is 3.46. The van der Waals surface area contributed by atoms with Crippen molar-refractivity contribution in [1.82, 2.24) is 15.1 Å². The van der Waals surface area contributed by atoms with E-state index in [1.54, 1.807) is 36.2 Å². The van der Waals surface area contributed by atoms with Crippen LogP contribution in [0, 0.1) is 0 Å². The fourth-order valence-electron chi connectivity index (χ4n) is 3.46. The fraction of sp³-hybridized carbons (Fsp3) is 0.471. The van der Waals surface area contributed by atoms with E-state index in [9.17, 15) is 14.4 Å². The first-order chi connectivity index (χ1) is 11.1. The third kappa shape index (κ3) is 3.21. The highest BCUT2D eigenvalue weighted by Gasteiger charge is 2.41. The molecular formula is C17H21N3O3. The summed E-state index contributed by atoms with van der Waals surface area (Å²) >= 11 is 0. The number of rotatable bonds is 3.